The Hall–Kier alpha value is -16.0. The van der Waals surface area contributed by atoms with Crippen LogP contribution in [0, 0.1) is 0 Å². The number of thiophene rings is 6. The molecule has 0 radical (unpaired) electrons. The molecule has 660 valence electrons. The van der Waals surface area contributed by atoms with Crippen molar-refractivity contribution in [2.75, 3.05) is 0 Å². The van der Waals surface area contributed by atoms with Crippen LogP contribution < -0.4 is 0 Å². The first-order valence-electron chi connectivity index (χ1n) is 45.9. The Labute approximate surface area is 840 Å². The number of para-hydroxylation sites is 3. The number of nitrogens with zero attached hydrogens (tertiary/aromatic N) is 12. The highest BCUT2D eigenvalue weighted by Crippen LogP contribution is 2.50. The van der Waals surface area contributed by atoms with Gasteiger partial charge in [-0.2, -0.15) is 0 Å². The van der Waals surface area contributed by atoms with E-state index >= 15 is 0 Å². The maximum atomic E-state index is 5.26. The molecule has 21 heteroatoms. The summed E-state index contributed by atoms with van der Waals surface area (Å²) in [6.07, 6.45) is 0. The number of fused-ring (bicyclic) bond motifs is 21. The van der Waals surface area contributed by atoms with Crippen molar-refractivity contribution in [1.82, 2.24) is 59.8 Å². The highest BCUT2D eigenvalue weighted by Gasteiger charge is 2.26. The van der Waals surface area contributed by atoms with Crippen LogP contribution in [0.5, 0.6) is 0 Å². The fourth-order valence-electron chi connectivity index (χ4n) is 19.1. The lowest BCUT2D eigenvalue weighted by atomic mass is 10.0. The van der Waals surface area contributed by atoms with Crippen LogP contribution in [0.1, 0.15) is 0 Å². The van der Waals surface area contributed by atoms with Crippen molar-refractivity contribution in [3.8, 4) is 134 Å². The van der Waals surface area contributed by atoms with Gasteiger partial charge in [0, 0.05) is 188 Å². The third-order valence-electron chi connectivity index (χ3n) is 25.7. The van der Waals surface area contributed by atoms with Crippen molar-refractivity contribution in [2.45, 2.75) is 0 Å². The molecule has 0 amide bonds. The Morgan fingerprint density at radius 1 is 0.121 bits per heavy atom. The van der Waals surface area contributed by atoms with Gasteiger partial charge in [0.05, 0.1) is 30.6 Å². The van der Waals surface area contributed by atoms with Crippen molar-refractivity contribution < 1.29 is 0 Å². The van der Waals surface area contributed by atoms with E-state index in [-0.39, 0.29) is 0 Å². The van der Waals surface area contributed by atoms with Crippen LogP contribution in [-0.4, -0.2) is 59.8 Å². The van der Waals surface area contributed by atoms with E-state index in [1.807, 2.05) is 84.1 Å². The van der Waals surface area contributed by atoms with Gasteiger partial charge in [-0.1, -0.05) is 261 Å². The zero-order valence-electron chi connectivity index (χ0n) is 74.1. The van der Waals surface area contributed by atoms with Crippen LogP contribution in [0.25, 0.3) is 286 Å². The summed E-state index contributed by atoms with van der Waals surface area (Å²) in [5.74, 6) is 5.99. The van der Waals surface area contributed by atoms with Gasteiger partial charge in [0.15, 0.2) is 52.4 Å². The molecule has 0 atom stereocenters. The molecule has 0 saturated carbocycles. The minimum atomic E-state index is 0.660. The van der Waals surface area contributed by atoms with Crippen molar-refractivity contribution in [3.63, 3.8) is 0 Å². The molecule has 0 aliphatic heterocycles. The molecule has 141 heavy (non-hydrogen) atoms. The standard InChI is InChI=1S/3C40H22N4S3/c1-2-10-23(11-3-1)37-42-38(26-13-8-18-33-35(26)25-12-4-6-16-30(25)45-33)44-39(43-37)27-14-9-19-34-36(27)28-22-24(20-21-31(28)46-34)40-41-29-15-5-7-17-32(29)47-40;1-2-9-23(10-3-1)37-42-38(24-17-19-27-26-11-4-6-14-31(26)46-35(27)22-24)44-39(43-37)28-12-8-16-34-36(28)29-21-25(18-20-32(29)45-34)40-41-30-13-5-7-15-33(30)47-40;1-2-9-23(10-3-1)37-42-38(24-17-19-32-28(21-24)26-11-4-6-14-31(26)45-32)44-39(43-37)27-12-8-16-35-36(27)29-22-25(18-20-33(29)46-35)40-41-30-13-5-7-15-34(30)47-40/h3*1-22H. The van der Waals surface area contributed by atoms with Gasteiger partial charge in [-0.3, -0.25) is 0 Å². The van der Waals surface area contributed by atoms with Gasteiger partial charge in [0.1, 0.15) is 15.0 Å². The SMILES string of the molecule is c1ccc(-c2nc(-c3ccc4c(c3)sc3ccccc34)nc(-c3cccc4sc5ccc(-c6nc7ccccc7s6)cc5c34)n2)cc1.c1ccc(-c2nc(-c3ccc4sc5ccccc5c4c3)nc(-c3cccc4sc5ccc(-c6nc7ccccc7s6)cc5c34)n2)cc1.c1ccc(-c2nc(-c3cccc4sc5ccccc5c34)nc(-c3cccc4sc5ccc(-c6nc7ccccc7s6)cc5c34)n2)cc1. The minimum absolute atomic E-state index is 0.660. The Morgan fingerprint density at radius 2 is 0.362 bits per heavy atom. The molecular weight excluding hydrogens is 1900 g/mol. The fraction of sp³-hybridized carbons (Fsp3) is 0. The quantitative estimate of drug-likeness (QED) is 0.114. The summed E-state index contributed by atoms with van der Waals surface area (Å²) in [6, 6.07) is 140. The molecule has 30 rings (SSSR count). The van der Waals surface area contributed by atoms with Crippen molar-refractivity contribution in [2.24, 2.45) is 0 Å². The molecule has 12 aromatic heterocycles. The van der Waals surface area contributed by atoms with E-state index in [9.17, 15) is 0 Å². The number of rotatable bonds is 12. The molecule has 18 aromatic carbocycles. The van der Waals surface area contributed by atoms with E-state index < -0.39 is 0 Å². The zero-order valence-corrected chi connectivity index (χ0v) is 81.5. The average molecular weight is 1960 g/mol. The Kier molecular flexibility index (Phi) is 20.4. The van der Waals surface area contributed by atoms with Crippen LogP contribution in [0.15, 0.2) is 400 Å². The fourth-order valence-corrected chi connectivity index (χ4v) is 28.7. The number of aromatic nitrogens is 12. The van der Waals surface area contributed by atoms with Crippen LogP contribution in [-0.2, 0) is 0 Å². The van der Waals surface area contributed by atoms with E-state index in [0.29, 0.717) is 52.4 Å². The van der Waals surface area contributed by atoms with E-state index in [1.54, 1.807) is 90.7 Å². The van der Waals surface area contributed by atoms with Crippen LogP contribution in [0.2, 0.25) is 0 Å². The number of hydrogen-bond acceptors (Lipinski definition) is 21. The van der Waals surface area contributed by atoms with Gasteiger partial charge in [-0.25, -0.2) is 59.8 Å². The molecule has 0 fully saturated rings. The van der Waals surface area contributed by atoms with Gasteiger partial charge in [0.25, 0.3) is 0 Å². The normalized spacial score (nSPS) is 11.8. The maximum absolute atomic E-state index is 5.26. The molecule has 0 bridgehead atoms. The van der Waals surface area contributed by atoms with Gasteiger partial charge in [0.2, 0.25) is 0 Å². The molecular formula is C120H66N12S9. The summed E-state index contributed by atoms with van der Waals surface area (Å²) in [5.41, 5.74) is 15.3. The van der Waals surface area contributed by atoms with E-state index in [0.717, 1.165) is 114 Å². The summed E-state index contributed by atoms with van der Waals surface area (Å²) < 4.78 is 18.4. The summed E-state index contributed by atoms with van der Waals surface area (Å²) in [4.78, 5) is 61.1. The Bertz CT molecular complexity index is 10200. The van der Waals surface area contributed by atoms with Gasteiger partial charge in [-0.15, -0.1) is 102 Å². The summed E-state index contributed by atoms with van der Waals surface area (Å²) >= 11 is 16.0. The topological polar surface area (TPSA) is 155 Å². The van der Waals surface area contributed by atoms with E-state index in [2.05, 4.69) is 328 Å². The first-order valence-corrected chi connectivity index (χ1v) is 53.3. The van der Waals surface area contributed by atoms with Crippen molar-refractivity contribution in [3.05, 3.63) is 400 Å². The molecule has 12 heterocycles. The van der Waals surface area contributed by atoms with Crippen LogP contribution >= 0.6 is 102 Å². The molecule has 0 aliphatic carbocycles. The number of thiazole rings is 3. The predicted molar refractivity (Wildman–Crippen MR) is 602 cm³/mol. The summed E-state index contributed by atoms with van der Waals surface area (Å²) in [6.45, 7) is 0. The molecule has 0 saturated heterocycles. The van der Waals surface area contributed by atoms with Crippen LogP contribution in [0.4, 0.5) is 0 Å². The smallest absolute Gasteiger partial charge is 0.164 e. The average Bonchev–Trinajstić information content (AvgIpc) is 1.61. The summed E-state index contributed by atoms with van der Waals surface area (Å²) in [7, 11) is 0. The van der Waals surface area contributed by atoms with Gasteiger partial charge in [-0.05, 0) is 140 Å². The first kappa shape index (κ1) is 83.2. The zero-order chi connectivity index (χ0) is 92.7. The molecule has 30 aromatic rings. The van der Waals surface area contributed by atoms with E-state index in [1.165, 1.54) is 119 Å². The second-order valence-electron chi connectivity index (χ2n) is 34.3. The molecule has 0 unspecified atom stereocenters. The van der Waals surface area contributed by atoms with Gasteiger partial charge < -0.3 is 0 Å². The molecule has 0 aliphatic rings. The highest BCUT2D eigenvalue weighted by atomic mass is 32.1. The molecule has 0 N–H and O–H groups in total. The third kappa shape index (κ3) is 15.0. The predicted octanol–water partition coefficient (Wildman–Crippen LogP) is 35.7. The number of hydrogen-bond donors (Lipinski definition) is 0. The minimum Gasteiger partial charge on any atom is -0.236 e. The second-order valence-corrected chi connectivity index (χ2v) is 43.9. The van der Waals surface area contributed by atoms with E-state index in [4.69, 9.17) is 59.8 Å². The summed E-state index contributed by atoms with van der Waals surface area (Å²) in [5, 5.41) is 17.5. The van der Waals surface area contributed by atoms with Gasteiger partial charge >= 0.3 is 0 Å². The lowest BCUT2D eigenvalue weighted by molar-refractivity contribution is 1.08. The lowest BCUT2D eigenvalue weighted by Gasteiger charge is -2.10. The largest absolute Gasteiger partial charge is 0.236 e. The van der Waals surface area contributed by atoms with Crippen molar-refractivity contribution >= 4 is 254 Å². The number of benzene rings is 18. The molecule has 12 nitrogen and oxygen atoms in total. The Morgan fingerprint density at radius 3 is 0.745 bits per heavy atom. The highest BCUT2D eigenvalue weighted by molar-refractivity contribution is 7.28. The second kappa shape index (κ2) is 34.5. The van der Waals surface area contributed by atoms with Crippen LogP contribution in [0.3, 0.4) is 0 Å². The first-order chi connectivity index (χ1) is 69.8. The maximum Gasteiger partial charge on any atom is 0.164 e. The van der Waals surface area contributed by atoms with Crippen molar-refractivity contribution in [1.29, 1.82) is 0 Å². The lowest BCUT2D eigenvalue weighted by Crippen LogP contribution is -2.00. The molecule has 0 spiro atoms. The Balaban J connectivity index is 0.000000104. The monoisotopic (exact) mass is 1960 g/mol. The third-order valence-corrected chi connectivity index (χ3v) is 35.8.